The smallest absolute Gasteiger partial charge is 0.293 e. The van der Waals surface area contributed by atoms with Gasteiger partial charge in [-0.1, -0.05) is 16.2 Å². The van der Waals surface area contributed by atoms with Gasteiger partial charge in [-0.15, -0.1) is 0 Å². The largest absolute Gasteiger partial charge is 0.378 e. The Morgan fingerprint density at radius 3 is 2.59 bits per heavy atom. The Balaban J connectivity index is 1.69. The van der Waals surface area contributed by atoms with Gasteiger partial charge in [0.1, 0.15) is 5.82 Å². The van der Waals surface area contributed by atoms with Crippen molar-refractivity contribution in [2.45, 2.75) is 31.0 Å². The van der Waals surface area contributed by atoms with Crippen LogP contribution in [0.5, 0.6) is 0 Å². The van der Waals surface area contributed by atoms with Crippen LogP contribution in [0.25, 0.3) is 5.69 Å². The van der Waals surface area contributed by atoms with Crippen LogP contribution >= 0.6 is 9.24 Å². The third kappa shape index (κ3) is 4.33. The Morgan fingerprint density at radius 1 is 1.33 bits per heavy atom. The van der Waals surface area contributed by atoms with Crippen LogP contribution in [0.15, 0.2) is 36.5 Å². The summed E-state index contributed by atoms with van der Waals surface area (Å²) < 4.78 is 41.1. The number of hydrogen-bond donors (Lipinski definition) is 1. The van der Waals surface area contributed by atoms with Crippen molar-refractivity contribution < 1.29 is 23.1 Å². The number of likely N-dealkylation sites (tertiary alicyclic amines) is 1. The average Bonchev–Trinajstić information content (AvgIpc) is 3.10. The second-order valence-electron chi connectivity index (χ2n) is 6.90. The highest BCUT2D eigenvalue weighted by Crippen LogP contribution is 2.34. The molecule has 0 spiro atoms. The number of aliphatic hydroxyl groups excluding tert-OH is 1. The molecule has 1 amide bonds. The van der Waals surface area contributed by atoms with E-state index in [2.05, 4.69) is 5.10 Å². The molecule has 2 unspecified atom stereocenters. The molecule has 3 rings (SSSR count). The van der Waals surface area contributed by atoms with Gasteiger partial charge in [-0.25, -0.2) is 9.07 Å². The quantitative estimate of drug-likeness (QED) is 0.805. The summed E-state index contributed by atoms with van der Waals surface area (Å²) >= 11 is 0. The molecule has 1 aliphatic heterocycles. The molecule has 4 atom stereocenters. The van der Waals surface area contributed by atoms with E-state index in [9.17, 15) is 23.1 Å². The van der Waals surface area contributed by atoms with E-state index >= 15 is 0 Å². The predicted molar refractivity (Wildman–Crippen MR) is 97.3 cm³/mol. The van der Waals surface area contributed by atoms with E-state index in [4.69, 9.17) is 0 Å². The number of amides is 1. The molecule has 9 heteroatoms. The van der Waals surface area contributed by atoms with Crippen LogP contribution in [0.3, 0.4) is 0 Å². The number of alkyl halides is 2. The van der Waals surface area contributed by atoms with Crippen molar-refractivity contribution in [2.75, 3.05) is 13.1 Å². The molecule has 1 aromatic carbocycles. The predicted octanol–water partition coefficient (Wildman–Crippen LogP) is 2.79. The van der Waals surface area contributed by atoms with E-state index in [1.807, 2.05) is 13.0 Å². The Labute approximate surface area is 157 Å². The van der Waals surface area contributed by atoms with Crippen LogP contribution in [-0.2, 0) is 4.79 Å². The minimum absolute atomic E-state index is 0.00963. The van der Waals surface area contributed by atoms with Gasteiger partial charge in [0, 0.05) is 25.2 Å². The Hall–Kier alpha value is -1.92. The molecule has 1 aliphatic rings. The molecule has 2 aromatic rings. The number of nitrogens with zero attached hydrogens (tertiary/aromatic N) is 3. The van der Waals surface area contributed by atoms with Crippen LogP contribution < -0.4 is 0 Å². The molecule has 1 N–H and O–H groups in total. The van der Waals surface area contributed by atoms with Crippen molar-refractivity contribution in [3.63, 3.8) is 0 Å². The van der Waals surface area contributed by atoms with Crippen molar-refractivity contribution in [1.82, 2.24) is 14.7 Å². The molecule has 2 heterocycles. The fourth-order valence-corrected chi connectivity index (χ4v) is 3.54. The maximum Gasteiger partial charge on any atom is 0.293 e. The van der Waals surface area contributed by atoms with Crippen LogP contribution in [0.1, 0.15) is 25.0 Å². The van der Waals surface area contributed by atoms with Crippen LogP contribution in [-0.4, -0.2) is 50.6 Å². The maximum absolute atomic E-state index is 13.2. The molecule has 0 aliphatic carbocycles. The third-order valence-corrected chi connectivity index (χ3v) is 5.21. The number of piperidine rings is 1. The highest BCUT2D eigenvalue weighted by atomic mass is 31.0. The minimum atomic E-state index is -3.55. The molecular weight excluding hydrogens is 378 g/mol. The number of halogens is 3. The number of aliphatic hydroxyl groups is 1. The number of aromatic nitrogens is 2. The molecule has 1 saturated heterocycles. The Kier molecular flexibility index (Phi) is 5.58. The summed E-state index contributed by atoms with van der Waals surface area (Å²) in [4.78, 5) is 13.4. The molecule has 0 saturated carbocycles. The van der Waals surface area contributed by atoms with E-state index in [1.165, 1.54) is 26.3 Å². The van der Waals surface area contributed by atoms with Gasteiger partial charge in [0.2, 0.25) is 0 Å². The lowest BCUT2D eigenvalue weighted by Gasteiger charge is -2.37. The van der Waals surface area contributed by atoms with E-state index in [1.54, 1.807) is 23.0 Å². The first-order valence-corrected chi connectivity index (χ1v) is 9.19. The summed E-state index contributed by atoms with van der Waals surface area (Å²) in [6, 6.07) is 7.84. The summed E-state index contributed by atoms with van der Waals surface area (Å²) in [7, 11) is 1.20. The van der Waals surface area contributed by atoms with Crippen molar-refractivity contribution in [2.24, 2.45) is 5.92 Å². The van der Waals surface area contributed by atoms with Crippen molar-refractivity contribution in [3.05, 3.63) is 48.0 Å². The first-order valence-electron chi connectivity index (χ1n) is 8.62. The molecule has 1 aromatic heterocycles. The first-order chi connectivity index (χ1) is 12.7. The topological polar surface area (TPSA) is 58.4 Å². The van der Waals surface area contributed by atoms with Crippen molar-refractivity contribution in [1.29, 1.82) is 0 Å². The van der Waals surface area contributed by atoms with E-state index in [0.717, 1.165) is 11.4 Å². The van der Waals surface area contributed by atoms with E-state index in [0.29, 0.717) is 6.42 Å². The number of carbonyl (C=O) groups excluding carboxylic acids is 1. The highest BCUT2D eigenvalue weighted by molar-refractivity contribution is 7.18. The summed E-state index contributed by atoms with van der Waals surface area (Å²) in [6.45, 7) is 2.46. The van der Waals surface area contributed by atoms with Crippen molar-refractivity contribution in [3.8, 4) is 5.69 Å². The minimum Gasteiger partial charge on any atom is -0.378 e. The zero-order valence-corrected chi connectivity index (χ0v) is 15.9. The number of hydrogen-bond acceptors (Lipinski definition) is 3. The molecule has 1 fully saturated rings. The maximum atomic E-state index is 13.2. The summed E-state index contributed by atoms with van der Waals surface area (Å²) in [5, 5.41) is 14.1. The number of carbonyl (C=O) groups is 1. The van der Waals surface area contributed by atoms with Gasteiger partial charge >= 0.3 is 0 Å². The van der Waals surface area contributed by atoms with Crippen LogP contribution in [0.4, 0.5) is 13.2 Å². The second-order valence-corrected chi connectivity index (χ2v) is 7.67. The Bertz CT molecular complexity index is 807. The van der Waals surface area contributed by atoms with E-state index < -0.39 is 17.7 Å². The van der Waals surface area contributed by atoms with Gasteiger partial charge in [0.05, 0.1) is 11.4 Å². The van der Waals surface area contributed by atoms with Gasteiger partial charge in [-0.2, -0.15) is 13.9 Å². The van der Waals surface area contributed by atoms with Gasteiger partial charge in [0.25, 0.3) is 11.6 Å². The molecular formula is C18H21F3N3O2P. The number of rotatable bonds is 4. The second kappa shape index (κ2) is 7.60. The van der Waals surface area contributed by atoms with Gasteiger partial charge in [0.15, 0.2) is 6.10 Å². The number of benzene rings is 1. The molecule has 0 bridgehead atoms. The highest BCUT2D eigenvalue weighted by Gasteiger charge is 2.42. The SMILES string of the molecule is C[C@H]1CN(C(=O)C(O)C(F)(F)P)CC[C@H]1c1ccn(-c2ccc(F)cc2)n1. The standard InChI is InChI=1S/C18H21F3N3O2P/c1-11-10-23(17(26)16(25)18(20,21)27)8-6-14(11)15-7-9-24(22-15)13-4-2-12(19)3-5-13/h2-5,7,9,11,14,16,25H,6,8,10,27H2,1H3/t11-,14+,16?/m0/s1. The fraction of sp³-hybridized carbons (Fsp3) is 0.444. The van der Waals surface area contributed by atoms with Crippen LogP contribution in [0.2, 0.25) is 0 Å². The van der Waals surface area contributed by atoms with Crippen LogP contribution in [0, 0.1) is 11.7 Å². The lowest BCUT2D eigenvalue weighted by Crippen LogP contribution is -2.50. The summed E-state index contributed by atoms with van der Waals surface area (Å²) in [5.74, 6) is -1.24. The molecule has 0 radical (unpaired) electrons. The van der Waals surface area contributed by atoms with Gasteiger partial charge in [-0.05, 0) is 42.7 Å². The third-order valence-electron chi connectivity index (χ3n) is 4.90. The Morgan fingerprint density at radius 2 is 2.00 bits per heavy atom. The summed E-state index contributed by atoms with van der Waals surface area (Å²) in [5.41, 5.74) is -1.99. The normalized spacial score (nSPS) is 21.9. The zero-order chi connectivity index (χ0) is 19.8. The lowest BCUT2D eigenvalue weighted by atomic mass is 9.84. The summed E-state index contributed by atoms with van der Waals surface area (Å²) in [6.07, 6.45) is -0.0163. The average molecular weight is 399 g/mol. The zero-order valence-electron chi connectivity index (χ0n) is 14.7. The molecule has 5 nitrogen and oxygen atoms in total. The van der Waals surface area contributed by atoms with Crippen molar-refractivity contribution >= 4 is 15.1 Å². The van der Waals surface area contributed by atoms with E-state index in [-0.39, 0.29) is 30.7 Å². The molecule has 27 heavy (non-hydrogen) atoms. The molecule has 146 valence electrons. The van der Waals surface area contributed by atoms with Gasteiger partial charge < -0.3 is 10.0 Å². The van der Waals surface area contributed by atoms with Gasteiger partial charge in [-0.3, -0.25) is 4.79 Å². The first kappa shape index (κ1) is 19.8. The lowest BCUT2D eigenvalue weighted by molar-refractivity contribution is -0.153. The fourth-order valence-electron chi connectivity index (χ4n) is 3.40. The monoisotopic (exact) mass is 399 g/mol.